The van der Waals surface area contributed by atoms with Gasteiger partial charge in [0.1, 0.15) is 0 Å². The Morgan fingerprint density at radius 2 is 1.50 bits per heavy atom. The second-order valence-corrected chi connectivity index (χ2v) is 5.93. The predicted molar refractivity (Wildman–Crippen MR) is 74.1 cm³/mol. The second-order valence-electron chi connectivity index (χ2n) is 5.93. The first kappa shape index (κ1) is 15.5. The molecule has 0 radical (unpaired) electrons. The van der Waals surface area contributed by atoms with Crippen LogP contribution in [0.25, 0.3) is 0 Å². The van der Waals surface area contributed by atoms with Crippen LogP contribution in [0, 0.1) is 23.2 Å². The van der Waals surface area contributed by atoms with E-state index in [1.54, 1.807) is 6.20 Å². The summed E-state index contributed by atoms with van der Waals surface area (Å²) in [5, 5.41) is 0. The van der Waals surface area contributed by atoms with Gasteiger partial charge in [0.15, 0.2) is 0 Å². The number of rotatable bonds is 6. The van der Waals surface area contributed by atoms with Gasteiger partial charge in [-0.05, 0) is 29.4 Å². The summed E-state index contributed by atoms with van der Waals surface area (Å²) >= 11 is 0. The molecule has 0 amide bonds. The van der Waals surface area contributed by atoms with Crippen LogP contribution >= 0.6 is 0 Å². The summed E-state index contributed by atoms with van der Waals surface area (Å²) < 4.78 is 0. The molecule has 2 atom stereocenters. The summed E-state index contributed by atoms with van der Waals surface area (Å²) in [4.78, 5) is 0. The minimum absolute atomic E-state index is 0.305. The highest BCUT2D eigenvalue weighted by molar-refractivity contribution is 4.96. The molecule has 0 aromatic carbocycles. The van der Waals surface area contributed by atoms with Gasteiger partial charge < -0.3 is 5.73 Å². The van der Waals surface area contributed by atoms with E-state index in [1.165, 1.54) is 19.3 Å². The maximum atomic E-state index is 5.62. The van der Waals surface area contributed by atoms with Gasteiger partial charge in [0.05, 0.1) is 0 Å². The first-order valence-corrected chi connectivity index (χ1v) is 6.80. The zero-order chi connectivity index (χ0) is 12.8. The van der Waals surface area contributed by atoms with Gasteiger partial charge in [-0.2, -0.15) is 0 Å². The van der Waals surface area contributed by atoms with Crippen LogP contribution in [0.2, 0.25) is 0 Å². The molecule has 16 heavy (non-hydrogen) atoms. The minimum atomic E-state index is 0.305. The Balaban J connectivity index is 4.98. The molecule has 1 nitrogen and oxygen atoms in total. The molecule has 1 heteroatoms. The largest absolute Gasteiger partial charge is 0.405 e. The molecule has 0 aromatic heterocycles. The van der Waals surface area contributed by atoms with Gasteiger partial charge in [0.2, 0.25) is 0 Å². The van der Waals surface area contributed by atoms with E-state index < -0.39 is 0 Å². The third-order valence-corrected chi connectivity index (χ3v) is 3.91. The van der Waals surface area contributed by atoms with Gasteiger partial charge in [-0.3, -0.25) is 0 Å². The fourth-order valence-electron chi connectivity index (χ4n) is 2.97. The first-order chi connectivity index (χ1) is 7.42. The quantitative estimate of drug-likeness (QED) is 0.703. The van der Waals surface area contributed by atoms with Crippen molar-refractivity contribution in [2.45, 2.75) is 60.8 Å². The summed E-state index contributed by atoms with van der Waals surface area (Å²) in [5.41, 5.74) is 5.93. The molecule has 0 aliphatic heterocycles. The number of hydrogen-bond donors (Lipinski definition) is 1. The molecule has 0 bridgehead atoms. The third kappa shape index (κ3) is 4.19. The topological polar surface area (TPSA) is 26.0 Å². The average molecular weight is 225 g/mol. The van der Waals surface area contributed by atoms with Crippen molar-refractivity contribution in [3.05, 3.63) is 12.3 Å². The molecule has 2 N–H and O–H groups in total. The van der Waals surface area contributed by atoms with Crippen molar-refractivity contribution in [2.24, 2.45) is 28.9 Å². The van der Waals surface area contributed by atoms with Crippen LogP contribution in [0.5, 0.6) is 0 Å². The van der Waals surface area contributed by atoms with Gasteiger partial charge in [-0.15, -0.1) is 0 Å². The van der Waals surface area contributed by atoms with Crippen molar-refractivity contribution in [1.82, 2.24) is 0 Å². The summed E-state index contributed by atoms with van der Waals surface area (Å²) in [6, 6.07) is 0. The van der Waals surface area contributed by atoms with Crippen LogP contribution in [0.3, 0.4) is 0 Å². The fourth-order valence-corrected chi connectivity index (χ4v) is 2.97. The number of hydrogen-bond acceptors (Lipinski definition) is 1. The van der Waals surface area contributed by atoms with Crippen LogP contribution < -0.4 is 5.73 Å². The molecule has 0 aliphatic carbocycles. The standard InChI is InChI=1S/C15H31N/c1-7-12(8-2)13(9-3)14(10-11-16)15(4,5)6/h10-14H,7-9,16H2,1-6H3/b11-10-. The molecule has 0 rings (SSSR count). The highest BCUT2D eigenvalue weighted by Gasteiger charge is 2.32. The van der Waals surface area contributed by atoms with Crippen molar-refractivity contribution in [3.8, 4) is 0 Å². The lowest BCUT2D eigenvalue weighted by molar-refractivity contribution is 0.139. The second kappa shape index (κ2) is 6.98. The van der Waals surface area contributed by atoms with Gasteiger partial charge in [0, 0.05) is 0 Å². The molecule has 0 aromatic rings. The van der Waals surface area contributed by atoms with E-state index in [4.69, 9.17) is 5.73 Å². The zero-order valence-corrected chi connectivity index (χ0v) is 12.1. The van der Waals surface area contributed by atoms with E-state index >= 15 is 0 Å². The lowest BCUT2D eigenvalue weighted by Crippen LogP contribution is -2.31. The molecular weight excluding hydrogens is 194 g/mol. The fraction of sp³-hybridized carbons (Fsp3) is 0.867. The molecule has 2 unspecified atom stereocenters. The monoisotopic (exact) mass is 225 g/mol. The minimum Gasteiger partial charge on any atom is -0.405 e. The Hall–Kier alpha value is -0.460. The Bertz CT molecular complexity index is 196. The summed E-state index contributed by atoms with van der Waals surface area (Å²) in [5.74, 6) is 2.17. The molecule has 0 aliphatic rings. The Morgan fingerprint density at radius 3 is 1.75 bits per heavy atom. The van der Waals surface area contributed by atoms with E-state index in [2.05, 4.69) is 47.6 Å². The van der Waals surface area contributed by atoms with Gasteiger partial charge in [-0.1, -0.05) is 66.9 Å². The molecule has 0 saturated heterocycles. The van der Waals surface area contributed by atoms with Crippen LogP contribution in [0.4, 0.5) is 0 Å². The van der Waals surface area contributed by atoms with E-state index in [1.807, 2.05) is 0 Å². The Kier molecular flexibility index (Phi) is 6.78. The van der Waals surface area contributed by atoms with Gasteiger partial charge in [0.25, 0.3) is 0 Å². The Labute approximate surface area is 102 Å². The van der Waals surface area contributed by atoms with Crippen LogP contribution in [-0.2, 0) is 0 Å². The molecule has 0 heterocycles. The van der Waals surface area contributed by atoms with Crippen molar-refractivity contribution >= 4 is 0 Å². The van der Waals surface area contributed by atoms with E-state index in [-0.39, 0.29) is 0 Å². The molecule has 96 valence electrons. The summed E-state index contributed by atoms with van der Waals surface area (Å²) in [7, 11) is 0. The number of allylic oxidation sites excluding steroid dienone is 1. The maximum Gasteiger partial charge on any atom is -0.00999 e. The smallest absolute Gasteiger partial charge is 0.00999 e. The predicted octanol–water partition coefficient (Wildman–Crippen LogP) is 4.58. The van der Waals surface area contributed by atoms with Gasteiger partial charge >= 0.3 is 0 Å². The first-order valence-electron chi connectivity index (χ1n) is 6.80. The summed E-state index contributed by atoms with van der Waals surface area (Å²) in [6.45, 7) is 13.9. The van der Waals surface area contributed by atoms with Crippen molar-refractivity contribution in [3.63, 3.8) is 0 Å². The van der Waals surface area contributed by atoms with Crippen LogP contribution in [0.1, 0.15) is 60.8 Å². The molecule has 0 fully saturated rings. The highest BCUT2D eigenvalue weighted by Crippen LogP contribution is 2.40. The van der Waals surface area contributed by atoms with Crippen molar-refractivity contribution < 1.29 is 0 Å². The normalized spacial score (nSPS) is 16.9. The Morgan fingerprint density at radius 1 is 1.00 bits per heavy atom. The number of nitrogens with two attached hydrogens (primary N) is 1. The third-order valence-electron chi connectivity index (χ3n) is 3.91. The van der Waals surface area contributed by atoms with Crippen molar-refractivity contribution in [2.75, 3.05) is 0 Å². The van der Waals surface area contributed by atoms with Crippen LogP contribution in [-0.4, -0.2) is 0 Å². The summed E-state index contributed by atoms with van der Waals surface area (Å²) in [6.07, 6.45) is 7.76. The van der Waals surface area contributed by atoms with E-state index in [0.29, 0.717) is 11.3 Å². The molecule has 0 saturated carbocycles. The van der Waals surface area contributed by atoms with E-state index in [0.717, 1.165) is 11.8 Å². The SMILES string of the molecule is CCC(CC)C(CC)C(/C=C\N)C(C)(C)C. The zero-order valence-electron chi connectivity index (χ0n) is 12.1. The van der Waals surface area contributed by atoms with Crippen LogP contribution in [0.15, 0.2) is 12.3 Å². The molecule has 0 spiro atoms. The van der Waals surface area contributed by atoms with Gasteiger partial charge in [-0.25, -0.2) is 0 Å². The highest BCUT2D eigenvalue weighted by atomic mass is 14.5. The molecular formula is C15H31N. The lowest BCUT2D eigenvalue weighted by Gasteiger charge is -2.38. The van der Waals surface area contributed by atoms with E-state index in [9.17, 15) is 0 Å². The average Bonchev–Trinajstić information content (AvgIpc) is 2.21. The van der Waals surface area contributed by atoms with Crippen molar-refractivity contribution in [1.29, 1.82) is 0 Å². The maximum absolute atomic E-state index is 5.62. The lowest BCUT2D eigenvalue weighted by atomic mass is 9.66.